The Morgan fingerprint density at radius 1 is 1.80 bits per heavy atom. The Morgan fingerprint density at radius 3 is 2.30 bits per heavy atom. The second-order valence-electron chi connectivity index (χ2n) is 1.44. The van der Waals surface area contributed by atoms with Crippen LogP contribution >= 0.6 is 12.6 Å². The van der Waals surface area contributed by atoms with Gasteiger partial charge in [-0.1, -0.05) is 19.6 Å². The van der Waals surface area contributed by atoms with E-state index in [-0.39, 0.29) is 5.97 Å². The zero-order valence-corrected chi connectivity index (χ0v) is 7.02. The van der Waals surface area contributed by atoms with Gasteiger partial charge in [0.15, 0.2) is 0 Å². The van der Waals surface area contributed by atoms with Crippen molar-refractivity contribution in [3.63, 3.8) is 0 Å². The summed E-state index contributed by atoms with van der Waals surface area (Å²) in [7, 11) is 0. The Morgan fingerprint density at radius 2 is 2.20 bits per heavy atom. The second-order valence-corrected chi connectivity index (χ2v) is 1.64. The van der Waals surface area contributed by atoms with E-state index < -0.39 is 0 Å². The molecule has 0 N–H and O–H groups in total. The molecule has 0 aliphatic carbocycles. The molecule has 0 aromatic rings. The molecule has 0 fully saturated rings. The molecule has 0 heterocycles. The topological polar surface area (TPSA) is 50.1 Å². The lowest BCUT2D eigenvalue weighted by atomic mass is 10.5. The van der Waals surface area contributed by atoms with Crippen LogP contribution in [0.15, 0.2) is 0 Å². The molecule has 0 saturated heterocycles. The third-order valence-electron chi connectivity index (χ3n) is 0.509. The molecule has 0 radical (unpaired) electrons. The molecular weight excluding hydrogens is 150 g/mol. The lowest BCUT2D eigenvalue weighted by Crippen LogP contribution is -1.98. The van der Waals surface area contributed by atoms with Crippen molar-refractivity contribution in [2.75, 3.05) is 6.61 Å². The summed E-state index contributed by atoms with van der Waals surface area (Å²) < 4.78 is 4.55. The van der Waals surface area contributed by atoms with Gasteiger partial charge in [0.05, 0.1) is 6.61 Å². The van der Waals surface area contributed by atoms with Gasteiger partial charge in [-0.15, -0.1) is 0 Å². The zero-order chi connectivity index (χ0) is 8.41. The number of rotatable bonds is 2. The quantitative estimate of drug-likeness (QED) is 0.378. The lowest BCUT2D eigenvalue weighted by Gasteiger charge is -1.93. The van der Waals surface area contributed by atoms with E-state index >= 15 is 0 Å². The van der Waals surface area contributed by atoms with Crippen molar-refractivity contribution in [1.82, 2.24) is 0 Å². The highest BCUT2D eigenvalue weighted by Crippen LogP contribution is 1.78. The normalized spacial score (nSPS) is 6.60. The monoisotopic (exact) mass is 161 g/mol. The van der Waals surface area contributed by atoms with Gasteiger partial charge in [0.2, 0.25) is 0 Å². The molecule has 0 bridgehead atoms. The van der Waals surface area contributed by atoms with E-state index in [1.165, 1.54) is 12.3 Å². The number of nitriles is 1. The van der Waals surface area contributed by atoms with E-state index in [9.17, 15) is 4.79 Å². The van der Waals surface area contributed by atoms with Crippen LogP contribution in [0.4, 0.5) is 0 Å². The van der Waals surface area contributed by atoms with Crippen molar-refractivity contribution < 1.29 is 9.53 Å². The largest absolute Gasteiger partial charge is 0.466 e. The van der Waals surface area contributed by atoms with Crippen molar-refractivity contribution in [1.29, 1.82) is 5.26 Å². The van der Waals surface area contributed by atoms with Crippen molar-refractivity contribution >= 4 is 18.6 Å². The summed E-state index contributed by atoms with van der Waals surface area (Å²) in [5.74, 6) is -0.193. The second kappa shape index (κ2) is 11.2. The fraction of sp³-hybridized carbons (Fsp3) is 0.667. The number of hydrogen-bond donors (Lipinski definition) is 1. The molecule has 0 aliphatic rings. The number of nitrogens with zero attached hydrogens (tertiary/aromatic N) is 1. The zero-order valence-electron chi connectivity index (χ0n) is 6.13. The highest BCUT2D eigenvalue weighted by molar-refractivity contribution is 7.85. The number of thiol groups is 1. The van der Waals surface area contributed by atoms with E-state index in [0.29, 0.717) is 6.61 Å². The van der Waals surface area contributed by atoms with Crippen LogP contribution in [0, 0.1) is 10.7 Å². The van der Waals surface area contributed by atoms with Gasteiger partial charge in [0.1, 0.15) is 5.40 Å². The van der Waals surface area contributed by atoms with Crippen LogP contribution in [0.25, 0.3) is 0 Å². The van der Waals surface area contributed by atoms with E-state index in [0.717, 1.165) is 6.42 Å². The first-order valence-corrected chi connectivity index (χ1v) is 3.30. The molecule has 4 heteroatoms. The maximum atomic E-state index is 9.98. The highest BCUT2D eigenvalue weighted by Gasteiger charge is 1.85. The predicted octanol–water partition coefficient (Wildman–Crippen LogP) is 1.36. The molecule has 0 atom stereocenters. The van der Waals surface area contributed by atoms with Gasteiger partial charge in [-0.3, -0.25) is 4.79 Å². The van der Waals surface area contributed by atoms with Crippen LogP contribution in [0.3, 0.4) is 0 Å². The summed E-state index contributed by atoms with van der Waals surface area (Å²) in [5, 5.41) is 8.63. The fourth-order valence-electron chi connectivity index (χ4n) is 0.246. The summed E-state index contributed by atoms with van der Waals surface area (Å²) in [5.41, 5.74) is 0. The number of hydrogen-bond acceptors (Lipinski definition) is 4. The number of carbonyl (C=O) groups excluding carboxylic acids is 1. The van der Waals surface area contributed by atoms with Crippen molar-refractivity contribution in [2.45, 2.75) is 20.3 Å². The number of carbonyl (C=O) groups is 1. The SMILES string of the molecule is CCCOC(C)=O.N#CS. The Hall–Kier alpha value is -0.690. The van der Waals surface area contributed by atoms with Crippen molar-refractivity contribution in [2.24, 2.45) is 0 Å². The summed E-state index contributed by atoms with van der Waals surface area (Å²) >= 11 is 3.09. The average molecular weight is 161 g/mol. The van der Waals surface area contributed by atoms with Crippen LogP contribution in [-0.4, -0.2) is 12.6 Å². The lowest BCUT2D eigenvalue weighted by molar-refractivity contribution is -0.140. The molecular formula is C6H11NO2S. The minimum Gasteiger partial charge on any atom is -0.466 e. The van der Waals surface area contributed by atoms with Gasteiger partial charge in [0.25, 0.3) is 0 Å². The highest BCUT2D eigenvalue weighted by atomic mass is 32.1. The van der Waals surface area contributed by atoms with Crippen molar-refractivity contribution in [3.8, 4) is 5.40 Å². The minimum absolute atomic E-state index is 0.193. The van der Waals surface area contributed by atoms with Crippen molar-refractivity contribution in [3.05, 3.63) is 0 Å². The maximum absolute atomic E-state index is 9.98. The molecule has 0 aliphatic heterocycles. The first-order chi connectivity index (χ1) is 4.68. The Kier molecular flexibility index (Phi) is 13.4. The maximum Gasteiger partial charge on any atom is 0.302 e. The Labute approximate surface area is 66.4 Å². The summed E-state index contributed by atoms with van der Waals surface area (Å²) in [6.45, 7) is 3.92. The van der Waals surface area contributed by atoms with E-state index in [2.05, 4.69) is 17.4 Å². The summed E-state index contributed by atoms with van der Waals surface area (Å²) in [4.78, 5) is 9.98. The van der Waals surface area contributed by atoms with Gasteiger partial charge >= 0.3 is 5.97 Å². The van der Waals surface area contributed by atoms with E-state index in [1.807, 2.05) is 6.92 Å². The van der Waals surface area contributed by atoms with Gasteiger partial charge < -0.3 is 4.74 Å². The van der Waals surface area contributed by atoms with E-state index in [4.69, 9.17) is 5.26 Å². The van der Waals surface area contributed by atoms with Gasteiger partial charge in [-0.05, 0) is 6.42 Å². The number of ether oxygens (including phenoxy) is 1. The Balaban J connectivity index is 0. The number of esters is 1. The predicted molar refractivity (Wildman–Crippen MR) is 41.5 cm³/mol. The van der Waals surface area contributed by atoms with Gasteiger partial charge in [0, 0.05) is 6.92 Å². The minimum atomic E-state index is -0.193. The standard InChI is InChI=1S/C5H10O2.CHNS/c1-3-4-7-5(2)6;2-1-3/h3-4H2,1-2H3;3H. The molecule has 0 aromatic heterocycles. The molecule has 0 aromatic carbocycles. The fourth-order valence-corrected chi connectivity index (χ4v) is 0.246. The van der Waals surface area contributed by atoms with Crippen LogP contribution in [-0.2, 0) is 9.53 Å². The molecule has 0 saturated carbocycles. The summed E-state index contributed by atoms with van der Waals surface area (Å²) in [6, 6.07) is 0. The van der Waals surface area contributed by atoms with Crippen LogP contribution < -0.4 is 0 Å². The van der Waals surface area contributed by atoms with Crippen LogP contribution in [0.2, 0.25) is 0 Å². The molecule has 0 rings (SSSR count). The molecule has 0 unspecified atom stereocenters. The first kappa shape index (κ1) is 12.0. The van der Waals surface area contributed by atoms with E-state index in [1.54, 1.807) is 0 Å². The number of thiocyanates is 1. The molecule has 10 heavy (non-hydrogen) atoms. The molecule has 58 valence electrons. The molecule has 0 amide bonds. The summed E-state index contributed by atoms with van der Waals surface area (Å²) in [6.07, 6.45) is 0.902. The van der Waals surface area contributed by atoms with Gasteiger partial charge in [-0.25, -0.2) is 0 Å². The average Bonchev–Trinajstić information content (AvgIpc) is 1.85. The van der Waals surface area contributed by atoms with Crippen LogP contribution in [0.5, 0.6) is 0 Å². The smallest absolute Gasteiger partial charge is 0.302 e. The van der Waals surface area contributed by atoms with Crippen LogP contribution in [0.1, 0.15) is 20.3 Å². The third-order valence-corrected chi connectivity index (χ3v) is 0.509. The molecule has 0 spiro atoms. The van der Waals surface area contributed by atoms with Gasteiger partial charge in [-0.2, -0.15) is 5.26 Å². The third kappa shape index (κ3) is 26.6. The molecule has 3 nitrogen and oxygen atoms in total. The first-order valence-electron chi connectivity index (χ1n) is 2.85. The Bertz CT molecular complexity index is 119.